The summed E-state index contributed by atoms with van der Waals surface area (Å²) in [6, 6.07) is 0.874. The molecule has 0 bridgehead atoms. The van der Waals surface area contributed by atoms with Crippen LogP contribution in [-0.2, 0) is 0 Å². The lowest BCUT2D eigenvalue weighted by atomic mass is 9.86. The zero-order valence-corrected chi connectivity index (χ0v) is 9.63. The summed E-state index contributed by atoms with van der Waals surface area (Å²) in [7, 11) is 2.32. The van der Waals surface area contributed by atoms with Crippen LogP contribution in [0.2, 0.25) is 0 Å². The lowest BCUT2D eigenvalue weighted by Crippen LogP contribution is -2.50. The van der Waals surface area contributed by atoms with Crippen molar-refractivity contribution in [2.45, 2.75) is 38.6 Å². The van der Waals surface area contributed by atoms with E-state index >= 15 is 0 Å². The number of rotatable bonds is 3. The molecule has 1 heterocycles. The van der Waals surface area contributed by atoms with E-state index in [2.05, 4.69) is 24.2 Å². The quantitative estimate of drug-likeness (QED) is 0.739. The van der Waals surface area contributed by atoms with E-state index in [9.17, 15) is 0 Å². The Hall–Kier alpha value is -0.0800. The second-order valence-electron chi connectivity index (χ2n) is 5.39. The smallest absolute Gasteiger partial charge is 0.00948 e. The standard InChI is InChI=1S/C12H24N2/c1-10-4-3-5-12(6-10)14(2)9-11-7-13-8-11/h10-13H,3-9H2,1-2H3. The first-order valence-corrected chi connectivity index (χ1v) is 6.16. The fourth-order valence-corrected chi connectivity index (χ4v) is 2.84. The van der Waals surface area contributed by atoms with E-state index < -0.39 is 0 Å². The third-order valence-corrected chi connectivity index (χ3v) is 3.94. The lowest BCUT2D eigenvalue weighted by molar-refractivity contribution is 0.128. The Kier molecular flexibility index (Phi) is 3.45. The molecule has 1 saturated carbocycles. The highest BCUT2D eigenvalue weighted by atomic mass is 15.1. The van der Waals surface area contributed by atoms with E-state index in [1.807, 2.05) is 0 Å². The van der Waals surface area contributed by atoms with Crippen molar-refractivity contribution in [1.82, 2.24) is 10.2 Å². The van der Waals surface area contributed by atoms with E-state index in [1.54, 1.807) is 0 Å². The van der Waals surface area contributed by atoms with Gasteiger partial charge in [-0.3, -0.25) is 0 Å². The van der Waals surface area contributed by atoms with Gasteiger partial charge < -0.3 is 10.2 Å². The molecule has 0 aromatic rings. The molecule has 2 unspecified atom stereocenters. The van der Waals surface area contributed by atoms with Gasteiger partial charge in [0.15, 0.2) is 0 Å². The van der Waals surface area contributed by atoms with Crippen LogP contribution < -0.4 is 5.32 Å². The van der Waals surface area contributed by atoms with Crippen LogP contribution >= 0.6 is 0 Å². The van der Waals surface area contributed by atoms with Crippen molar-refractivity contribution in [3.63, 3.8) is 0 Å². The van der Waals surface area contributed by atoms with E-state index in [4.69, 9.17) is 0 Å². The van der Waals surface area contributed by atoms with Crippen molar-refractivity contribution in [2.75, 3.05) is 26.7 Å². The van der Waals surface area contributed by atoms with Gasteiger partial charge >= 0.3 is 0 Å². The monoisotopic (exact) mass is 196 g/mol. The number of hydrogen-bond donors (Lipinski definition) is 1. The Bertz CT molecular complexity index is 177. The maximum Gasteiger partial charge on any atom is 0.00948 e. The molecule has 1 aliphatic heterocycles. The Balaban J connectivity index is 1.74. The van der Waals surface area contributed by atoms with Gasteiger partial charge in [-0.25, -0.2) is 0 Å². The van der Waals surface area contributed by atoms with E-state index in [1.165, 1.54) is 45.3 Å². The van der Waals surface area contributed by atoms with Crippen molar-refractivity contribution in [2.24, 2.45) is 11.8 Å². The van der Waals surface area contributed by atoms with Gasteiger partial charge in [0.25, 0.3) is 0 Å². The molecule has 0 spiro atoms. The maximum absolute atomic E-state index is 3.35. The van der Waals surface area contributed by atoms with E-state index in [0.29, 0.717) is 0 Å². The van der Waals surface area contributed by atoms with E-state index in [-0.39, 0.29) is 0 Å². The third kappa shape index (κ3) is 2.48. The predicted octanol–water partition coefficient (Wildman–Crippen LogP) is 1.72. The van der Waals surface area contributed by atoms with Crippen LogP contribution in [-0.4, -0.2) is 37.6 Å². The van der Waals surface area contributed by atoms with Crippen LogP contribution in [0.25, 0.3) is 0 Å². The Morgan fingerprint density at radius 1 is 1.29 bits per heavy atom. The van der Waals surface area contributed by atoms with Crippen LogP contribution in [0.1, 0.15) is 32.6 Å². The Labute approximate surface area is 88.1 Å². The molecule has 0 aromatic carbocycles. The molecule has 0 aromatic heterocycles. The lowest BCUT2D eigenvalue weighted by Gasteiger charge is -2.38. The maximum atomic E-state index is 3.35. The first kappa shape index (κ1) is 10.4. The molecule has 1 aliphatic carbocycles. The van der Waals surface area contributed by atoms with Crippen molar-refractivity contribution < 1.29 is 0 Å². The molecule has 14 heavy (non-hydrogen) atoms. The molecule has 2 aliphatic rings. The van der Waals surface area contributed by atoms with Gasteiger partial charge in [-0.1, -0.05) is 19.8 Å². The highest BCUT2D eigenvalue weighted by molar-refractivity contribution is 4.82. The first-order valence-electron chi connectivity index (χ1n) is 6.16. The average molecular weight is 196 g/mol. The second kappa shape index (κ2) is 4.63. The van der Waals surface area contributed by atoms with E-state index in [0.717, 1.165) is 17.9 Å². The van der Waals surface area contributed by atoms with Crippen molar-refractivity contribution in [3.05, 3.63) is 0 Å². The van der Waals surface area contributed by atoms with Crippen molar-refractivity contribution >= 4 is 0 Å². The number of hydrogen-bond acceptors (Lipinski definition) is 2. The fourth-order valence-electron chi connectivity index (χ4n) is 2.84. The highest BCUT2D eigenvalue weighted by Gasteiger charge is 2.25. The summed E-state index contributed by atoms with van der Waals surface area (Å²) in [4.78, 5) is 2.61. The highest BCUT2D eigenvalue weighted by Crippen LogP contribution is 2.27. The summed E-state index contributed by atoms with van der Waals surface area (Å²) in [5.41, 5.74) is 0. The van der Waals surface area contributed by atoms with Crippen molar-refractivity contribution in [1.29, 1.82) is 0 Å². The van der Waals surface area contributed by atoms with Crippen LogP contribution in [0.5, 0.6) is 0 Å². The molecular formula is C12H24N2. The van der Waals surface area contributed by atoms with Gasteiger partial charge in [0, 0.05) is 25.7 Å². The summed E-state index contributed by atoms with van der Waals surface area (Å²) < 4.78 is 0. The van der Waals surface area contributed by atoms with Crippen molar-refractivity contribution in [3.8, 4) is 0 Å². The summed E-state index contributed by atoms with van der Waals surface area (Å²) in [6.07, 6.45) is 5.76. The third-order valence-electron chi connectivity index (χ3n) is 3.94. The average Bonchev–Trinajstić information content (AvgIpc) is 2.11. The molecule has 2 fully saturated rings. The zero-order valence-electron chi connectivity index (χ0n) is 9.63. The van der Waals surface area contributed by atoms with Gasteiger partial charge in [0.1, 0.15) is 0 Å². The summed E-state index contributed by atoms with van der Waals surface area (Å²) in [5.74, 6) is 1.88. The van der Waals surface area contributed by atoms with Crippen LogP contribution in [0.3, 0.4) is 0 Å². The normalized spacial score (nSPS) is 34.5. The number of nitrogens with one attached hydrogen (secondary N) is 1. The minimum absolute atomic E-state index is 0.874. The Morgan fingerprint density at radius 3 is 2.64 bits per heavy atom. The minimum atomic E-state index is 0.874. The van der Waals surface area contributed by atoms with Gasteiger partial charge in [-0.2, -0.15) is 0 Å². The molecule has 1 N–H and O–H groups in total. The fraction of sp³-hybridized carbons (Fsp3) is 1.00. The Morgan fingerprint density at radius 2 is 2.07 bits per heavy atom. The second-order valence-corrected chi connectivity index (χ2v) is 5.39. The molecular weight excluding hydrogens is 172 g/mol. The largest absolute Gasteiger partial charge is 0.316 e. The first-order chi connectivity index (χ1) is 6.75. The molecule has 0 amide bonds. The minimum Gasteiger partial charge on any atom is -0.316 e. The summed E-state index contributed by atoms with van der Waals surface area (Å²) in [5, 5.41) is 3.35. The van der Waals surface area contributed by atoms with Crippen LogP contribution in [0.15, 0.2) is 0 Å². The molecule has 1 saturated heterocycles. The van der Waals surface area contributed by atoms with Gasteiger partial charge in [0.05, 0.1) is 0 Å². The summed E-state index contributed by atoms with van der Waals surface area (Å²) >= 11 is 0. The number of nitrogens with zero attached hydrogens (tertiary/aromatic N) is 1. The van der Waals surface area contributed by atoms with Gasteiger partial charge in [-0.15, -0.1) is 0 Å². The molecule has 2 rings (SSSR count). The van der Waals surface area contributed by atoms with Crippen LogP contribution in [0, 0.1) is 11.8 Å². The van der Waals surface area contributed by atoms with Crippen LogP contribution in [0.4, 0.5) is 0 Å². The molecule has 2 heteroatoms. The van der Waals surface area contributed by atoms with Gasteiger partial charge in [0.2, 0.25) is 0 Å². The SMILES string of the molecule is CC1CCCC(N(C)CC2CNC2)C1. The topological polar surface area (TPSA) is 15.3 Å². The molecule has 2 nitrogen and oxygen atoms in total. The summed E-state index contributed by atoms with van der Waals surface area (Å²) in [6.45, 7) is 6.20. The molecule has 2 atom stereocenters. The predicted molar refractivity (Wildman–Crippen MR) is 60.4 cm³/mol. The van der Waals surface area contributed by atoms with Gasteiger partial charge in [-0.05, 0) is 31.7 Å². The zero-order chi connectivity index (χ0) is 9.97. The molecule has 0 radical (unpaired) electrons. The molecule has 82 valence electrons.